The molecule has 0 aliphatic heterocycles. The molecule has 0 unspecified atom stereocenters. The first-order valence-corrected chi connectivity index (χ1v) is 10.5. The lowest BCUT2D eigenvalue weighted by Crippen LogP contribution is -2.18. The Bertz CT molecular complexity index is 866. The zero-order chi connectivity index (χ0) is 21.0. The average Bonchev–Trinajstić information content (AvgIpc) is 3.27. The third-order valence-electron chi connectivity index (χ3n) is 4.55. The minimum Gasteiger partial charge on any atom is -0.490 e. The van der Waals surface area contributed by atoms with Gasteiger partial charge in [0.15, 0.2) is 11.5 Å². The zero-order valence-electron chi connectivity index (χ0n) is 17.8. The molecule has 0 aliphatic rings. The molecular formula is C23H31N5O2. The van der Waals surface area contributed by atoms with Gasteiger partial charge < -0.3 is 24.7 Å². The molecule has 7 heteroatoms. The highest BCUT2D eigenvalue weighted by molar-refractivity contribution is 5.43. The monoisotopic (exact) mass is 409 g/mol. The van der Waals surface area contributed by atoms with E-state index in [1.807, 2.05) is 42.9 Å². The van der Waals surface area contributed by atoms with Crippen LogP contribution in [0, 0.1) is 6.92 Å². The minimum absolute atomic E-state index is 0.566. The Morgan fingerprint density at radius 2 is 2.00 bits per heavy atom. The lowest BCUT2D eigenvalue weighted by atomic mass is 10.2. The number of aromatic nitrogens is 3. The largest absolute Gasteiger partial charge is 0.490 e. The molecule has 0 saturated carbocycles. The van der Waals surface area contributed by atoms with Crippen molar-refractivity contribution in [3.8, 4) is 11.5 Å². The van der Waals surface area contributed by atoms with Crippen molar-refractivity contribution >= 4 is 5.82 Å². The molecule has 0 atom stereocenters. The fraction of sp³-hybridized carbons (Fsp3) is 0.391. The molecule has 7 nitrogen and oxygen atoms in total. The minimum atomic E-state index is 0.566. The summed E-state index contributed by atoms with van der Waals surface area (Å²) in [5.74, 6) is 2.48. The van der Waals surface area contributed by atoms with Crippen LogP contribution in [0.3, 0.4) is 0 Å². The summed E-state index contributed by atoms with van der Waals surface area (Å²) in [5, 5.41) is 6.82. The van der Waals surface area contributed by atoms with E-state index in [0.29, 0.717) is 13.2 Å². The van der Waals surface area contributed by atoms with Crippen LogP contribution in [0.25, 0.3) is 0 Å². The van der Waals surface area contributed by atoms with Gasteiger partial charge in [-0.1, -0.05) is 12.1 Å². The van der Waals surface area contributed by atoms with Gasteiger partial charge in [-0.3, -0.25) is 0 Å². The lowest BCUT2D eigenvalue weighted by molar-refractivity contribution is 0.266. The lowest BCUT2D eigenvalue weighted by Gasteiger charge is -2.14. The molecule has 0 spiro atoms. The van der Waals surface area contributed by atoms with E-state index < -0.39 is 0 Å². The third-order valence-corrected chi connectivity index (χ3v) is 4.55. The third kappa shape index (κ3) is 7.08. The topological polar surface area (TPSA) is 73.2 Å². The highest BCUT2D eigenvalue weighted by Crippen LogP contribution is 2.28. The molecule has 0 radical (unpaired) electrons. The Morgan fingerprint density at radius 1 is 1.07 bits per heavy atom. The Hall–Kier alpha value is -3.06. The van der Waals surface area contributed by atoms with Crippen LogP contribution in [-0.2, 0) is 13.1 Å². The van der Waals surface area contributed by atoms with Gasteiger partial charge in [0, 0.05) is 31.7 Å². The second-order valence-electron chi connectivity index (χ2n) is 7.04. The van der Waals surface area contributed by atoms with Gasteiger partial charge in [-0.2, -0.15) is 0 Å². The number of ether oxygens (including phenoxy) is 2. The van der Waals surface area contributed by atoms with Crippen molar-refractivity contribution < 1.29 is 9.47 Å². The van der Waals surface area contributed by atoms with Crippen LogP contribution in [0.15, 0.2) is 55.2 Å². The summed E-state index contributed by atoms with van der Waals surface area (Å²) < 4.78 is 13.7. The maximum atomic E-state index is 5.92. The molecule has 0 bridgehead atoms. The van der Waals surface area contributed by atoms with E-state index in [4.69, 9.17) is 9.47 Å². The van der Waals surface area contributed by atoms with Crippen LogP contribution in [0.1, 0.15) is 24.5 Å². The summed E-state index contributed by atoms with van der Waals surface area (Å²) in [5.41, 5.74) is 2.34. The molecule has 30 heavy (non-hydrogen) atoms. The van der Waals surface area contributed by atoms with Crippen molar-refractivity contribution in [2.45, 2.75) is 33.4 Å². The summed E-state index contributed by atoms with van der Waals surface area (Å²) in [7, 11) is 0. The molecule has 0 fully saturated rings. The van der Waals surface area contributed by atoms with E-state index in [2.05, 4.69) is 38.8 Å². The van der Waals surface area contributed by atoms with Gasteiger partial charge in [-0.25, -0.2) is 9.97 Å². The van der Waals surface area contributed by atoms with Gasteiger partial charge in [-0.05, 0) is 56.1 Å². The predicted molar refractivity (Wildman–Crippen MR) is 119 cm³/mol. The summed E-state index contributed by atoms with van der Waals surface area (Å²) >= 11 is 0. The number of aryl methyl sites for hydroxylation is 1. The quantitative estimate of drug-likeness (QED) is 0.420. The van der Waals surface area contributed by atoms with Crippen molar-refractivity contribution in [2.24, 2.45) is 0 Å². The number of benzene rings is 1. The van der Waals surface area contributed by atoms with Crippen LogP contribution in [-0.4, -0.2) is 40.8 Å². The average molecular weight is 410 g/mol. The maximum Gasteiger partial charge on any atom is 0.161 e. The highest BCUT2D eigenvalue weighted by atomic mass is 16.5. The van der Waals surface area contributed by atoms with Gasteiger partial charge in [-0.15, -0.1) is 0 Å². The molecule has 0 saturated heterocycles. The normalized spacial score (nSPS) is 10.7. The molecule has 3 aromatic rings. The number of nitrogens with one attached hydrogen (secondary N) is 2. The van der Waals surface area contributed by atoms with Crippen LogP contribution < -0.4 is 20.1 Å². The number of pyridine rings is 1. The first-order chi connectivity index (χ1) is 14.7. The molecule has 2 aromatic heterocycles. The van der Waals surface area contributed by atoms with E-state index >= 15 is 0 Å². The van der Waals surface area contributed by atoms with Gasteiger partial charge in [0.25, 0.3) is 0 Å². The van der Waals surface area contributed by atoms with E-state index in [1.165, 1.54) is 11.1 Å². The SMILES string of the molecule is CCOc1cc(CNCCCNc2ccc(C)cn2)ccc1OCCn1ccnc1. The fourth-order valence-corrected chi connectivity index (χ4v) is 2.96. The highest BCUT2D eigenvalue weighted by Gasteiger charge is 2.07. The summed E-state index contributed by atoms with van der Waals surface area (Å²) in [6.45, 7) is 8.54. The Labute approximate surface area is 178 Å². The Morgan fingerprint density at radius 3 is 2.77 bits per heavy atom. The Kier molecular flexibility index (Phi) is 8.53. The summed E-state index contributed by atoms with van der Waals surface area (Å²) in [6.07, 6.45) is 8.37. The van der Waals surface area contributed by atoms with Gasteiger partial charge >= 0.3 is 0 Å². The predicted octanol–water partition coefficient (Wildman–Crippen LogP) is 3.66. The molecule has 2 heterocycles. The van der Waals surface area contributed by atoms with E-state index in [-0.39, 0.29) is 0 Å². The standard InChI is InChI=1S/C23H31N5O2/c1-3-29-22-15-20(6-7-21(22)30-14-13-28-12-11-25-18-28)17-24-9-4-10-26-23-8-5-19(2)16-27-23/h5-8,11-12,15-16,18,24H,3-4,9-10,13-14,17H2,1-2H3,(H,26,27). The molecule has 3 rings (SSSR count). The van der Waals surface area contributed by atoms with Gasteiger partial charge in [0.2, 0.25) is 0 Å². The van der Waals surface area contributed by atoms with Crippen molar-refractivity contribution in [1.29, 1.82) is 0 Å². The van der Waals surface area contributed by atoms with Crippen molar-refractivity contribution in [1.82, 2.24) is 19.9 Å². The second kappa shape index (κ2) is 11.8. The molecule has 2 N–H and O–H groups in total. The van der Waals surface area contributed by atoms with Crippen molar-refractivity contribution in [3.05, 3.63) is 66.4 Å². The number of rotatable bonds is 13. The molecule has 0 aliphatic carbocycles. The van der Waals surface area contributed by atoms with Crippen LogP contribution in [0.5, 0.6) is 11.5 Å². The van der Waals surface area contributed by atoms with E-state index in [9.17, 15) is 0 Å². The second-order valence-corrected chi connectivity index (χ2v) is 7.04. The van der Waals surface area contributed by atoms with Crippen LogP contribution >= 0.6 is 0 Å². The Balaban J connectivity index is 1.39. The number of imidazole rings is 1. The van der Waals surface area contributed by atoms with Crippen molar-refractivity contribution in [3.63, 3.8) is 0 Å². The van der Waals surface area contributed by atoms with Crippen LogP contribution in [0.2, 0.25) is 0 Å². The first-order valence-electron chi connectivity index (χ1n) is 10.5. The molecule has 160 valence electrons. The molecule has 0 amide bonds. The van der Waals surface area contributed by atoms with Gasteiger partial charge in [0.05, 0.1) is 19.5 Å². The summed E-state index contributed by atoms with van der Waals surface area (Å²) in [6, 6.07) is 10.2. The van der Waals surface area contributed by atoms with E-state index in [1.54, 1.807) is 12.5 Å². The van der Waals surface area contributed by atoms with Gasteiger partial charge in [0.1, 0.15) is 12.4 Å². The zero-order valence-corrected chi connectivity index (χ0v) is 17.8. The molecule has 1 aromatic carbocycles. The molecular weight excluding hydrogens is 378 g/mol. The smallest absolute Gasteiger partial charge is 0.161 e. The van der Waals surface area contributed by atoms with Crippen LogP contribution in [0.4, 0.5) is 5.82 Å². The number of hydrogen-bond donors (Lipinski definition) is 2. The maximum absolute atomic E-state index is 5.92. The first kappa shape index (κ1) is 21.6. The summed E-state index contributed by atoms with van der Waals surface area (Å²) in [4.78, 5) is 8.39. The number of hydrogen-bond acceptors (Lipinski definition) is 6. The fourth-order valence-electron chi connectivity index (χ4n) is 2.96. The van der Waals surface area contributed by atoms with Crippen molar-refractivity contribution in [2.75, 3.05) is 31.6 Å². The number of anilines is 1. The van der Waals surface area contributed by atoms with E-state index in [0.717, 1.165) is 49.9 Å². The number of nitrogens with zero attached hydrogens (tertiary/aromatic N) is 3.